The highest BCUT2D eigenvalue weighted by Crippen LogP contribution is 2.16. The monoisotopic (exact) mass is 270 g/mol. The first kappa shape index (κ1) is 15.0. The zero-order chi connectivity index (χ0) is 13.5. The number of Topliss-reactive ketones (excluding diaryl/α,β-unsaturated/α-hetero) is 1. The quantitative estimate of drug-likeness (QED) is 0.761. The molecule has 0 amide bonds. The molecule has 2 atom stereocenters. The molecule has 2 unspecified atom stereocenters. The van der Waals surface area contributed by atoms with E-state index in [4.69, 9.17) is 0 Å². The standard InChI is InChI=1S/C14H19FO2S/c1-3-12(10-11(2)16)8-9-18(17)14-6-4-13(15)5-7-14/h4-7,12H,3,8-10H2,1-2H3. The molecular formula is C14H19FO2S. The van der Waals surface area contributed by atoms with Crippen molar-refractivity contribution in [3.63, 3.8) is 0 Å². The van der Waals surface area contributed by atoms with Crippen LogP contribution in [-0.4, -0.2) is 15.7 Å². The molecule has 4 heteroatoms. The van der Waals surface area contributed by atoms with Crippen LogP contribution in [0, 0.1) is 11.7 Å². The second kappa shape index (κ2) is 7.41. The molecule has 1 rings (SSSR count). The number of carbonyl (C=O) groups is 1. The molecule has 0 saturated carbocycles. The van der Waals surface area contributed by atoms with Gasteiger partial charge in [-0.1, -0.05) is 13.3 Å². The van der Waals surface area contributed by atoms with Gasteiger partial charge in [-0.25, -0.2) is 4.39 Å². The van der Waals surface area contributed by atoms with Crippen molar-refractivity contribution in [1.82, 2.24) is 0 Å². The molecule has 0 aliphatic carbocycles. The van der Waals surface area contributed by atoms with Crippen molar-refractivity contribution in [2.45, 2.75) is 38.0 Å². The minimum atomic E-state index is -1.11. The van der Waals surface area contributed by atoms with Crippen molar-refractivity contribution in [3.8, 4) is 0 Å². The van der Waals surface area contributed by atoms with Gasteiger partial charge in [0.25, 0.3) is 0 Å². The van der Waals surface area contributed by atoms with E-state index >= 15 is 0 Å². The van der Waals surface area contributed by atoms with Crippen molar-refractivity contribution in [3.05, 3.63) is 30.1 Å². The van der Waals surface area contributed by atoms with Gasteiger partial charge in [0.2, 0.25) is 0 Å². The minimum Gasteiger partial charge on any atom is -0.300 e. The molecule has 0 aromatic heterocycles. The second-order valence-electron chi connectivity index (χ2n) is 4.47. The van der Waals surface area contributed by atoms with Gasteiger partial charge in [-0.2, -0.15) is 0 Å². The lowest BCUT2D eigenvalue weighted by molar-refractivity contribution is -0.117. The van der Waals surface area contributed by atoms with Gasteiger partial charge < -0.3 is 4.79 Å². The highest BCUT2D eigenvalue weighted by molar-refractivity contribution is 7.85. The van der Waals surface area contributed by atoms with Gasteiger partial charge in [0, 0.05) is 17.1 Å². The van der Waals surface area contributed by atoms with Crippen LogP contribution in [0.15, 0.2) is 29.2 Å². The van der Waals surface area contributed by atoms with Crippen LogP contribution in [0.1, 0.15) is 33.1 Å². The van der Waals surface area contributed by atoms with Crippen LogP contribution in [-0.2, 0) is 15.6 Å². The average molecular weight is 270 g/mol. The van der Waals surface area contributed by atoms with Crippen LogP contribution in [0.2, 0.25) is 0 Å². The smallest absolute Gasteiger partial charge is 0.130 e. The fourth-order valence-electron chi connectivity index (χ4n) is 1.83. The molecular weight excluding hydrogens is 251 g/mol. The Morgan fingerprint density at radius 3 is 2.44 bits per heavy atom. The van der Waals surface area contributed by atoms with Crippen molar-refractivity contribution in [2.75, 3.05) is 5.75 Å². The number of rotatable bonds is 7. The summed E-state index contributed by atoms with van der Waals surface area (Å²) in [7, 11) is -1.11. The summed E-state index contributed by atoms with van der Waals surface area (Å²) in [5, 5.41) is 0. The third-order valence-corrected chi connectivity index (χ3v) is 4.35. The van der Waals surface area contributed by atoms with Crippen molar-refractivity contribution in [1.29, 1.82) is 0 Å². The lowest BCUT2D eigenvalue weighted by Gasteiger charge is -2.12. The molecule has 18 heavy (non-hydrogen) atoms. The number of halogens is 1. The maximum absolute atomic E-state index is 12.7. The van der Waals surface area contributed by atoms with E-state index in [2.05, 4.69) is 0 Å². The van der Waals surface area contributed by atoms with Crippen LogP contribution in [0.4, 0.5) is 4.39 Å². The molecule has 0 bridgehead atoms. The Kier molecular flexibility index (Phi) is 6.19. The SMILES string of the molecule is CCC(CCS(=O)c1ccc(F)cc1)CC(C)=O. The molecule has 0 heterocycles. The Labute approximate surface area is 110 Å². The summed E-state index contributed by atoms with van der Waals surface area (Å²) < 4.78 is 24.7. The van der Waals surface area contributed by atoms with Crippen LogP contribution >= 0.6 is 0 Å². The summed E-state index contributed by atoms with van der Waals surface area (Å²) in [4.78, 5) is 11.7. The maximum atomic E-state index is 12.7. The summed E-state index contributed by atoms with van der Waals surface area (Å²) >= 11 is 0. The van der Waals surface area contributed by atoms with Crippen LogP contribution in [0.3, 0.4) is 0 Å². The molecule has 1 aromatic carbocycles. The Hall–Kier alpha value is -1.03. The Bertz CT molecular complexity index is 414. The van der Waals surface area contributed by atoms with E-state index in [0.29, 0.717) is 23.0 Å². The van der Waals surface area contributed by atoms with Crippen LogP contribution in [0.5, 0.6) is 0 Å². The summed E-state index contributed by atoms with van der Waals surface area (Å²) in [5.74, 6) is 0.678. The topological polar surface area (TPSA) is 34.1 Å². The first-order valence-electron chi connectivity index (χ1n) is 6.16. The second-order valence-corrected chi connectivity index (χ2v) is 6.04. The van der Waals surface area contributed by atoms with Gasteiger partial charge >= 0.3 is 0 Å². The van der Waals surface area contributed by atoms with Crippen molar-refractivity contribution < 1.29 is 13.4 Å². The van der Waals surface area contributed by atoms with Gasteiger partial charge in [0.05, 0.1) is 10.8 Å². The zero-order valence-corrected chi connectivity index (χ0v) is 11.6. The fourth-order valence-corrected chi connectivity index (χ4v) is 3.06. The average Bonchev–Trinajstić information content (AvgIpc) is 2.34. The van der Waals surface area contributed by atoms with Gasteiger partial charge in [0.15, 0.2) is 0 Å². The first-order chi connectivity index (χ1) is 8.52. The molecule has 100 valence electrons. The molecule has 0 radical (unpaired) electrons. The molecule has 0 fully saturated rings. The normalized spacial score (nSPS) is 14.2. The van der Waals surface area contributed by atoms with Gasteiger partial charge in [0.1, 0.15) is 11.6 Å². The highest BCUT2D eigenvalue weighted by atomic mass is 32.2. The van der Waals surface area contributed by atoms with E-state index in [0.717, 1.165) is 12.8 Å². The summed E-state index contributed by atoms with van der Waals surface area (Å²) in [6.07, 6.45) is 2.23. The lowest BCUT2D eigenvalue weighted by atomic mass is 9.97. The largest absolute Gasteiger partial charge is 0.300 e. The highest BCUT2D eigenvalue weighted by Gasteiger charge is 2.12. The summed E-state index contributed by atoms with van der Waals surface area (Å²) in [6, 6.07) is 5.74. The van der Waals surface area contributed by atoms with E-state index < -0.39 is 10.8 Å². The Morgan fingerprint density at radius 2 is 1.94 bits per heavy atom. The van der Waals surface area contributed by atoms with Crippen molar-refractivity contribution >= 4 is 16.6 Å². The number of carbonyl (C=O) groups excluding carboxylic acids is 1. The Balaban J connectivity index is 2.49. The maximum Gasteiger partial charge on any atom is 0.130 e. The minimum absolute atomic E-state index is 0.175. The molecule has 2 nitrogen and oxygen atoms in total. The van der Waals surface area contributed by atoms with Gasteiger partial charge in [-0.3, -0.25) is 4.21 Å². The predicted octanol–water partition coefficient (Wildman–Crippen LogP) is 3.33. The molecule has 0 aliphatic heterocycles. The number of ketones is 1. The number of hydrogen-bond acceptors (Lipinski definition) is 2. The molecule has 1 aromatic rings. The van der Waals surface area contributed by atoms with E-state index in [9.17, 15) is 13.4 Å². The molecule has 0 N–H and O–H groups in total. The third kappa shape index (κ3) is 5.08. The third-order valence-electron chi connectivity index (χ3n) is 2.94. The Morgan fingerprint density at radius 1 is 1.33 bits per heavy atom. The van der Waals surface area contributed by atoms with E-state index in [1.54, 1.807) is 19.1 Å². The van der Waals surface area contributed by atoms with Gasteiger partial charge in [-0.15, -0.1) is 0 Å². The number of benzene rings is 1. The predicted molar refractivity (Wildman–Crippen MR) is 71.4 cm³/mol. The molecule has 0 aliphatic rings. The number of hydrogen-bond donors (Lipinski definition) is 0. The molecule has 0 saturated heterocycles. The summed E-state index contributed by atoms with van der Waals surface area (Å²) in [5.41, 5.74) is 0. The van der Waals surface area contributed by atoms with E-state index in [1.807, 2.05) is 6.92 Å². The fraction of sp³-hybridized carbons (Fsp3) is 0.500. The van der Waals surface area contributed by atoms with Crippen molar-refractivity contribution in [2.24, 2.45) is 5.92 Å². The molecule has 0 spiro atoms. The van der Waals surface area contributed by atoms with Gasteiger partial charge in [-0.05, 0) is 43.5 Å². The first-order valence-corrected chi connectivity index (χ1v) is 7.48. The lowest BCUT2D eigenvalue weighted by Crippen LogP contribution is -2.09. The van der Waals surface area contributed by atoms with E-state index in [-0.39, 0.29) is 11.6 Å². The summed E-state index contributed by atoms with van der Waals surface area (Å²) in [6.45, 7) is 3.62. The zero-order valence-electron chi connectivity index (χ0n) is 10.8. The van der Waals surface area contributed by atoms with Crippen LogP contribution in [0.25, 0.3) is 0 Å². The van der Waals surface area contributed by atoms with E-state index in [1.165, 1.54) is 12.1 Å². The van der Waals surface area contributed by atoms with Crippen LogP contribution < -0.4 is 0 Å².